The zero-order valence-corrected chi connectivity index (χ0v) is 11.2. The van der Waals surface area contributed by atoms with Crippen molar-refractivity contribution in [1.82, 2.24) is 0 Å². The molecule has 78 valence electrons. The Hall–Kier alpha value is 0.310. The van der Waals surface area contributed by atoms with Gasteiger partial charge in [0.1, 0.15) is 15.9 Å². The van der Waals surface area contributed by atoms with Gasteiger partial charge in [0.15, 0.2) is 5.44 Å². The number of hydrogen-bond donors (Lipinski definition) is 1. The molecule has 1 atom stereocenters. The van der Waals surface area contributed by atoms with Crippen LogP contribution in [0, 0.1) is 5.82 Å². The molecule has 0 heterocycles. The second kappa shape index (κ2) is 5.58. The molecule has 0 aliphatic carbocycles. The number of aliphatic hydroxyl groups excluding tert-OH is 1. The van der Waals surface area contributed by atoms with Gasteiger partial charge in [0, 0.05) is 5.56 Å². The van der Waals surface area contributed by atoms with Gasteiger partial charge in [-0.05, 0) is 6.07 Å². The van der Waals surface area contributed by atoms with Gasteiger partial charge in [0.25, 0.3) is 0 Å². The second-order valence-corrected chi connectivity index (χ2v) is 4.33. The summed E-state index contributed by atoms with van der Waals surface area (Å²) in [5.74, 6) is -1.11. The minimum atomic E-state index is -4.99. The van der Waals surface area contributed by atoms with Crippen LogP contribution in [0.15, 0.2) is 18.2 Å². The van der Waals surface area contributed by atoms with E-state index in [4.69, 9.17) is 16.7 Å². The maximum Gasteiger partial charge on any atom is 1.00 e. The Morgan fingerprint density at radius 3 is 2.47 bits per heavy atom. The Morgan fingerprint density at radius 2 is 2.00 bits per heavy atom. The number of rotatable bonds is 2. The zero-order chi connectivity index (χ0) is 10.9. The molecule has 8 heteroatoms. The Morgan fingerprint density at radius 1 is 1.47 bits per heavy atom. The van der Waals surface area contributed by atoms with E-state index in [0.717, 1.165) is 6.07 Å². The fourth-order valence-electron chi connectivity index (χ4n) is 0.867. The number of halogens is 2. The van der Waals surface area contributed by atoms with Crippen molar-refractivity contribution in [1.29, 1.82) is 0 Å². The molecule has 0 bridgehead atoms. The molecular weight excluding hydrogens is 258 g/mol. The van der Waals surface area contributed by atoms with Crippen LogP contribution in [0.4, 0.5) is 4.39 Å². The molecule has 0 aliphatic rings. The van der Waals surface area contributed by atoms with Crippen molar-refractivity contribution in [3.05, 3.63) is 34.6 Å². The van der Waals surface area contributed by atoms with Crippen LogP contribution < -0.4 is 29.6 Å². The van der Waals surface area contributed by atoms with Gasteiger partial charge >= 0.3 is 29.6 Å². The summed E-state index contributed by atoms with van der Waals surface area (Å²) in [4.78, 5) is 0. The van der Waals surface area contributed by atoms with Crippen LogP contribution in [-0.2, 0) is 10.1 Å². The van der Waals surface area contributed by atoms with Crippen LogP contribution in [-0.4, -0.2) is 18.1 Å². The molecule has 0 radical (unpaired) electrons. The molecule has 15 heavy (non-hydrogen) atoms. The topological polar surface area (TPSA) is 77.4 Å². The first kappa shape index (κ1) is 15.3. The quantitative estimate of drug-likeness (QED) is 0.495. The van der Waals surface area contributed by atoms with E-state index in [2.05, 4.69) is 0 Å². The van der Waals surface area contributed by atoms with E-state index in [9.17, 15) is 17.4 Å². The molecule has 0 amide bonds. The first-order valence-corrected chi connectivity index (χ1v) is 5.25. The fraction of sp³-hybridized carbons (Fsp3) is 0.143. The average Bonchev–Trinajstić information content (AvgIpc) is 2.07. The molecule has 1 N–H and O–H groups in total. The van der Waals surface area contributed by atoms with Gasteiger partial charge in [-0.25, -0.2) is 12.8 Å². The van der Waals surface area contributed by atoms with Crippen molar-refractivity contribution in [2.75, 3.05) is 0 Å². The number of benzene rings is 1. The maximum atomic E-state index is 13.1. The van der Waals surface area contributed by atoms with E-state index < -0.39 is 26.9 Å². The van der Waals surface area contributed by atoms with Gasteiger partial charge in [-0.2, -0.15) is 0 Å². The van der Waals surface area contributed by atoms with Crippen LogP contribution in [0.25, 0.3) is 0 Å². The van der Waals surface area contributed by atoms with Crippen LogP contribution in [0.3, 0.4) is 0 Å². The number of aliphatic hydroxyl groups is 1. The summed E-state index contributed by atoms with van der Waals surface area (Å²) >= 11 is 5.33. The van der Waals surface area contributed by atoms with E-state index in [1.807, 2.05) is 0 Å². The van der Waals surface area contributed by atoms with Crippen LogP contribution in [0.2, 0.25) is 5.02 Å². The van der Waals surface area contributed by atoms with Crippen LogP contribution in [0.1, 0.15) is 11.0 Å². The van der Waals surface area contributed by atoms with Gasteiger partial charge < -0.3 is 9.66 Å². The van der Waals surface area contributed by atoms with Crippen molar-refractivity contribution in [3.63, 3.8) is 0 Å². The van der Waals surface area contributed by atoms with Gasteiger partial charge in [0.05, 0.1) is 5.02 Å². The summed E-state index contributed by atoms with van der Waals surface area (Å²) < 4.78 is 44.2. The standard InChI is InChI=1S/C7H6ClFO4S.Na/c8-5-3-1-2-4(6(5)9)7(10)14(11,12)13;/h1-3,7,10H,(H,11,12,13);/q;+1/p-1. The normalized spacial score (nSPS) is 13.1. The van der Waals surface area contributed by atoms with Crippen LogP contribution in [0.5, 0.6) is 0 Å². The molecule has 4 nitrogen and oxygen atoms in total. The molecule has 0 aliphatic heterocycles. The second-order valence-electron chi connectivity index (χ2n) is 2.49. The Bertz CT molecular complexity index is 450. The van der Waals surface area contributed by atoms with Crippen molar-refractivity contribution < 1.29 is 52.0 Å². The Labute approximate surface area is 113 Å². The van der Waals surface area contributed by atoms with Crippen molar-refractivity contribution >= 4 is 21.7 Å². The van der Waals surface area contributed by atoms with E-state index in [1.54, 1.807) is 0 Å². The van der Waals surface area contributed by atoms with E-state index >= 15 is 0 Å². The van der Waals surface area contributed by atoms with Gasteiger partial charge in [-0.15, -0.1) is 0 Å². The summed E-state index contributed by atoms with van der Waals surface area (Å²) in [5.41, 5.74) is -3.08. The van der Waals surface area contributed by atoms with Crippen LogP contribution >= 0.6 is 11.6 Å². The summed E-state index contributed by atoms with van der Waals surface area (Å²) in [5, 5.41) is 8.61. The molecule has 1 rings (SSSR count). The smallest absolute Gasteiger partial charge is 0.746 e. The molecule has 0 aromatic heterocycles. The SMILES string of the molecule is O=S(=O)([O-])C(O)c1cccc(Cl)c1F.[Na+]. The van der Waals surface area contributed by atoms with Crippen molar-refractivity contribution in [3.8, 4) is 0 Å². The van der Waals surface area contributed by atoms with Gasteiger partial charge in [0.2, 0.25) is 0 Å². The molecule has 0 saturated carbocycles. The third-order valence-electron chi connectivity index (χ3n) is 1.52. The predicted octanol–water partition coefficient (Wildman–Crippen LogP) is -1.98. The minimum Gasteiger partial charge on any atom is -0.746 e. The summed E-state index contributed by atoms with van der Waals surface area (Å²) in [6.45, 7) is 0. The predicted molar refractivity (Wildman–Crippen MR) is 46.1 cm³/mol. The molecular formula is C7H5ClFNaO4S. The summed E-state index contributed by atoms with van der Waals surface area (Å²) in [6, 6.07) is 3.38. The molecule has 0 fully saturated rings. The monoisotopic (exact) mass is 262 g/mol. The first-order valence-electron chi connectivity index (χ1n) is 3.40. The van der Waals surface area contributed by atoms with Gasteiger partial charge in [-0.1, -0.05) is 23.7 Å². The van der Waals surface area contributed by atoms with E-state index in [-0.39, 0.29) is 34.6 Å². The maximum absolute atomic E-state index is 13.1. The van der Waals surface area contributed by atoms with Crippen molar-refractivity contribution in [2.24, 2.45) is 0 Å². The van der Waals surface area contributed by atoms with Gasteiger partial charge in [-0.3, -0.25) is 0 Å². The summed E-state index contributed by atoms with van der Waals surface area (Å²) in [6.07, 6.45) is 0. The molecule has 0 spiro atoms. The zero-order valence-electron chi connectivity index (χ0n) is 7.65. The van der Waals surface area contributed by atoms with Crippen molar-refractivity contribution in [2.45, 2.75) is 5.44 Å². The number of hydrogen-bond acceptors (Lipinski definition) is 4. The van der Waals surface area contributed by atoms with E-state index in [0.29, 0.717) is 0 Å². The van der Waals surface area contributed by atoms with E-state index in [1.165, 1.54) is 12.1 Å². The Balaban J connectivity index is 0.00000196. The minimum absolute atomic E-state index is 0. The third-order valence-corrected chi connectivity index (χ3v) is 2.61. The first-order chi connectivity index (χ1) is 6.34. The Kier molecular flexibility index (Phi) is 5.70. The molecule has 1 aromatic rings. The third kappa shape index (κ3) is 3.67. The molecule has 0 saturated heterocycles. The molecule has 1 aromatic carbocycles. The fourth-order valence-corrected chi connectivity index (χ4v) is 1.54. The molecule has 1 unspecified atom stereocenters. The largest absolute Gasteiger partial charge is 1.00 e. The summed E-state index contributed by atoms with van der Waals surface area (Å²) in [7, 11) is -4.99. The average molecular weight is 263 g/mol.